The van der Waals surface area contributed by atoms with Crippen molar-refractivity contribution in [3.05, 3.63) is 0 Å². The lowest BCUT2D eigenvalue weighted by molar-refractivity contribution is -0.175. The molecule has 6 nitrogen and oxygen atoms in total. The van der Waals surface area contributed by atoms with Gasteiger partial charge < -0.3 is 14.2 Å². The molecule has 1 aliphatic heterocycles. The fraction of sp³-hybridized carbons (Fsp3) is 0.875. The van der Waals surface area contributed by atoms with Crippen LogP contribution in [-0.4, -0.2) is 36.2 Å². The molecule has 1 heterocycles. The van der Waals surface area contributed by atoms with Crippen LogP contribution in [0.25, 0.3) is 0 Å². The fourth-order valence-electron chi connectivity index (χ4n) is 3.26. The monoisotopic (exact) mass is 426 g/mol. The van der Waals surface area contributed by atoms with Gasteiger partial charge in [0.1, 0.15) is 5.60 Å². The van der Waals surface area contributed by atoms with E-state index in [0.717, 1.165) is 19.3 Å². The number of carbonyl (C=O) groups excluding carboxylic acids is 3. The summed E-state index contributed by atoms with van der Waals surface area (Å²) in [7, 11) is 0. The van der Waals surface area contributed by atoms with Gasteiger partial charge in [-0.1, -0.05) is 27.7 Å². The van der Waals surface area contributed by atoms with Crippen LogP contribution in [0, 0.1) is 16.7 Å². The van der Waals surface area contributed by atoms with Gasteiger partial charge in [0.15, 0.2) is 0 Å². The predicted molar refractivity (Wildman–Crippen MR) is 116 cm³/mol. The molecule has 1 atom stereocenters. The topological polar surface area (TPSA) is 78.9 Å². The lowest BCUT2D eigenvalue weighted by Gasteiger charge is -2.36. The van der Waals surface area contributed by atoms with Crippen LogP contribution < -0.4 is 0 Å². The lowest BCUT2D eigenvalue weighted by Crippen LogP contribution is -2.41. The molecule has 0 aromatic carbocycles. The van der Waals surface area contributed by atoms with E-state index in [9.17, 15) is 14.4 Å². The van der Waals surface area contributed by atoms with Gasteiger partial charge in [0.2, 0.25) is 6.10 Å². The zero-order chi connectivity index (χ0) is 23.2. The van der Waals surface area contributed by atoms with Gasteiger partial charge in [-0.2, -0.15) is 0 Å². The van der Waals surface area contributed by atoms with Gasteiger partial charge in [0.25, 0.3) is 0 Å². The Morgan fingerprint density at radius 2 is 1.53 bits per heavy atom. The van der Waals surface area contributed by atoms with Crippen LogP contribution in [0.15, 0.2) is 0 Å². The van der Waals surface area contributed by atoms with Crippen LogP contribution in [0.2, 0.25) is 0 Å². The molecule has 1 unspecified atom stereocenters. The van der Waals surface area contributed by atoms with Crippen molar-refractivity contribution in [3.8, 4) is 0 Å². The summed E-state index contributed by atoms with van der Waals surface area (Å²) in [6, 6.07) is 0. The van der Waals surface area contributed by atoms with E-state index in [4.69, 9.17) is 14.2 Å². The molecule has 0 amide bonds. The van der Waals surface area contributed by atoms with Crippen molar-refractivity contribution in [3.63, 3.8) is 0 Å². The number of hydrogen-bond donors (Lipinski definition) is 0. The quantitative estimate of drug-likeness (QED) is 0.410. The zero-order valence-corrected chi connectivity index (χ0v) is 20.3. The van der Waals surface area contributed by atoms with Crippen molar-refractivity contribution in [2.75, 3.05) is 6.61 Å². The molecule has 1 aliphatic carbocycles. The lowest BCUT2D eigenvalue weighted by atomic mass is 9.86. The minimum absolute atomic E-state index is 0.0226. The summed E-state index contributed by atoms with van der Waals surface area (Å²) in [6.45, 7) is 16.2. The smallest absolute Gasteiger partial charge is 0.347 e. The van der Waals surface area contributed by atoms with E-state index >= 15 is 0 Å². The Morgan fingerprint density at radius 3 is 1.93 bits per heavy atom. The fourth-order valence-corrected chi connectivity index (χ4v) is 3.26. The molecule has 0 N–H and O–H groups in total. The highest BCUT2D eigenvalue weighted by Gasteiger charge is 2.43. The Hall–Kier alpha value is -1.59. The largest absolute Gasteiger partial charge is 0.463 e. The summed E-state index contributed by atoms with van der Waals surface area (Å²) in [5.74, 6) is -0.355. The van der Waals surface area contributed by atoms with Crippen LogP contribution in [0.3, 0.4) is 0 Å². The summed E-state index contributed by atoms with van der Waals surface area (Å²) in [5, 5.41) is 0. The van der Waals surface area contributed by atoms with Crippen LogP contribution in [-0.2, 0) is 28.6 Å². The highest BCUT2D eigenvalue weighted by molar-refractivity contribution is 5.82. The molecule has 0 radical (unpaired) electrons. The van der Waals surface area contributed by atoms with Crippen LogP contribution in [0.1, 0.15) is 100 Å². The summed E-state index contributed by atoms with van der Waals surface area (Å²) >= 11 is 0. The van der Waals surface area contributed by atoms with E-state index in [1.165, 1.54) is 12.8 Å². The van der Waals surface area contributed by atoms with Crippen molar-refractivity contribution in [1.82, 2.24) is 0 Å². The first-order valence-electron chi connectivity index (χ1n) is 11.4. The number of hydrogen-bond acceptors (Lipinski definition) is 6. The van der Waals surface area contributed by atoms with Crippen LogP contribution in [0.5, 0.6) is 0 Å². The number of cyclic esters (lactones) is 1. The maximum absolute atomic E-state index is 12.1. The predicted octanol–water partition coefficient (Wildman–Crippen LogP) is 5.22. The Labute approximate surface area is 182 Å². The van der Waals surface area contributed by atoms with E-state index < -0.39 is 17.5 Å². The van der Waals surface area contributed by atoms with Gasteiger partial charge in [0.05, 0.1) is 17.4 Å². The van der Waals surface area contributed by atoms with Crippen molar-refractivity contribution >= 4 is 17.9 Å². The van der Waals surface area contributed by atoms with Gasteiger partial charge >= 0.3 is 17.9 Å². The number of ether oxygens (including phenoxy) is 3. The SMILES string of the molecule is CCC(C)(C)C(=O)OC1(C(C)C)CCCC1.CCC(C)(C)C(=O)OC1CCOC1=O. The third kappa shape index (κ3) is 6.71. The first-order chi connectivity index (χ1) is 13.8. The van der Waals surface area contributed by atoms with Gasteiger partial charge in [-0.25, -0.2) is 4.79 Å². The molecule has 2 aliphatic rings. The summed E-state index contributed by atoms with van der Waals surface area (Å²) in [4.78, 5) is 34.7. The molecule has 0 aromatic rings. The second-order valence-electron chi connectivity index (χ2n) is 10.1. The molecule has 0 spiro atoms. The van der Waals surface area contributed by atoms with Crippen molar-refractivity contribution in [2.45, 2.75) is 112 Å². The van der Waals surface area contributed by atoms with Crippen LogP contribution in [0.4, 0.5) is 0 Å². The second-order valence-corrected chi connectivity index (χ2v) is 10.1. The molecule has 1 saturated heterocycles. The molecule has 2 fully saturated rings. The Balaban J connectivity index is 0.000000303. The molecule has 174 valence electrons. The minimum atomic E-state index is -0.687. The standard InChI is InChI=1S/C14H26O2.C10H16O4/c1-6-13(4,5)12(15)16-14(11(2)3)9-7-8-10-14;1-4-10(2,3)9(12)14-7-5-6-13-8(7)11/h11H,6-10H2,1-5H3;7H,4-6H2,1-3H3. The Bertz CT molecular complexity index is 599. The van der Waals surface area contributed by atoms with Crippen molar-refractivity contribution < 1.29 is 28.6 Å². The third-order valence-corrected chi connectivity index (χ3v) is 6.81. The Morgan fingerprint density at radius 1 is 1.03 bits per heavy atom. The number of carbonyl (C=O) groups is 3. The molecule has 30 heavy (non-hydrogen) atoms. The third-order valence-electron chi connectivity index (χ3n) is 6.81. The highest BCUT2D eigenvalue weighted by atomic mass is 16.6. The van der Waals surface area contributed by atoms with E-state index in [1.807, 2.05) is 27.7 Å². The number of esters is 3. The first kappa shape index (κ1) is 26.4. The van der Waals surface area contributed by atoms with Gasteiger partial charge in [-0.3, -0.25) is 9.59 Å². The molecule has 6 heteroatoms. The maximum Gasteiger partial charge on any atom is 0.347 e. The average molecular weight is 427 g/mol. The maximum atomic E-state index is 12.1. The summed E-state index contributed by atoms with van der Waals surface area (Å²) in [5.41, 5.74) is -1.04. The van der Waals surface area contributed by atoms with Gasteiger partial charge in [0, 0.05) is 6.42 Å². The molecule has 0 bridgehead atoms. The molecule has 2 rings (SSSR count). The number of rotatable bonds is 7. The van der Waals surface area contributed by atoms with Crippen molar-refractivity contribution in [1.29, 1.82) is 0 Å². The Kier molecular flexibility index (Phi) is 9.37. The zero-order valence-electron chi connectivity index (χ0n) is 20.3. The normalized spacial score (nSPS) is 21.0. The van der Waals surface area contributed by atoms with Gasteiger partial charge in [-0.15, -0.1) is 0 Å². The first-order valence-corrected chi connectivity index (χ1v) is 11.4. The van der Waals surface area contributed by atoms with E-state index in [0.29, 0.717) is 25.4 Å². The van der Waals surface area contributed by atoms with Crippen molar-refractivity contribution in [2.24, 2.45) is 16.7 Å². The summed E-state index contributed by atoms with van der Waals surface area (Å²) in [6.07, 6.45) is 5.77. The summed E-state index contributed by atoms with van der Waals surface area (Å²) < 4.78 is 15.6. The van der Waals surface area contributed by atoms with E-state index in [2.05, 4.69) is 13.8 Å². The van der Waals surface area contributed by atoms with Crippen LogP contribution >= 0.6 is 0 Å². The molecule has 0 aromatic heterocycles. The molecular weight excluding hydrogens is 384 g/mol. The average Bonchev–Trinajstić information content (AvgIpc) is 3.32. The van der Waals surface area contributed by atoms with E-state index in [1.54, 1.807) is 13.8 Å². The molecule has 1 saturated carbocycles. The van der Waals surface area contributed by atoms with E-state index in [-0.39, 0.29) is 23.0 Å². The molecular formula is C24H42O6. The highest BCUT2D eigenvalue weighted by Crippen LogP contribution is 2.41. The minimum Gasteiger partial charge on any atom is -0.463 e. The second kappa shape index (κ2) is 10.6. The van der Waals surface area contributed by atoms with Gasteiger partial charge in [-0.05, 0) is 72.1 Å².